The maximum Gasteiger partial charge on any atom is 0.255 e. The lowest BCUT2D eigenvalue weighted by atomic mass is 10.1. The van der Waals surface area contributed by atoms with E-state index in [0.29, 0.717) is 26.2 Å². The molecule has 2 aromatic carbocycles. The minimum atomic E-state index is -3.46. The molecular formula is C19H21FN2O3S. The first kappa shape index (κ1) is 18.4. The molecule has 3 rings (SSSR count). The van der Waals surface area contributed by atoms with Gasteiger partial charge in [0.25, 0.3) is 5.91 Å². The lowest BCUT2D eigenvalue weighted by molar-refractivity contribution is 0.0743. The Morgan fingerprint density at radius 1 is 1.00 bits per heavy atom. The Morgan fingerprint density at radius 3 is 2.23 bits per heavy atom. The first-order valence-corrected chi connectivity index (χ1v) is 10.2. The molecule has 1 amide bonds. The Morgan fingerprint density at radius 2 is 1.62 bits per heavy atom. The minimum absolute atomic E-state index is 0.0460. The summed E-state index contributed by atoms with van der Waals surface area (Å²) in [5, 5.41) is 0. The predicted octanol–water partition coefficient (Wildman–Crippen LogP) is 2.58. The second-order valence-electron chi connectivity index (χ2n) is 6.16. The molecule has 0 saturated carbocycles. The van der Waals surface area contributed by atoms with E-state index in [9.17, 15) is 17.6 Å². The van der Waals surface area contributed by atoms with Crippen LogP contribution in [0.5, 0.6) is 0 Å². The Labute approximate surface area is 153 Å². The van der Waals surface area contributed by atoms with Crippen LogP contribution in [0.2, 0.25) is 0 Å². The molecule has 1 aliphatic heterocycles. The molecule has 0 N–H and O–H groups in total. The van der Waals surface area contributed by atoms with Gasteiger partial charge in [0.2, 0.25) is 0 Å². The van der Waals surface area contributed by atoms with E-state index in [2.05, 4.69) is 4.90 Å². The molecule has 7 heteroatoms. The van der Waals surface area contributed by atoms with Crippen molar-refractivity contribution in [2.75, 3.05) is 36.8 Å². The number of sulfone groups is 1. The first-order chi connectivity index (χ1) is 12.4. The smallest absolute Gasteiger partial charge is 0.255 e. The van der Waals surface area contributed by atoms with Gasteiger partial charge in [0.15, 0.2) is 9.84 Å². The first-order valence-electron chi connectivity index (χ1n) is 8.54. The fraction of sp³-hybridized carbons (Fsp3) is 0.316. The molecule has 26 heavy (non-hydrogen) atoms. The van der Waals surface area contributed by atoms with Crippen LogP contribution in [0.25, 0.3) is 0 Å². The van der Waals surface area contributed by atoms with Crippen LogP contribution in [0.1, 0.15) is 17.3 Å². The molecule has 138 valence electrons. The number of amides is 1. The van der Waals surface area contributed by atoms with Crippen LogP contribution in [-0.2, 0) is 9.84 Å². The zero-order chi connectivity index (χ0) is 18.7. The van der Waals surface area contributed by atoms with E-state index in [-0.39, 0.29) is 27.9 Å². The Balaban J connectivity index is 1.74. The summed E-state index contributed by atoms with van der Waals surface area (Å²) >= 11 is 0. The van der Waals surface area contributed by atoms with Crippen molar-refractivity contribution in [3.8, 4) is 0 Å². The number of hydrogen-bond donors (Lipinski definition) is 0. The van der Waals surface area contributed by atoms with Crippen LogP contribution in [0, 0.1) is 5.82 Å². The zero-order valence-electron chi connectivity index (χ0n) is 14.6. The van der Waals surface area contributed by atoms with E-state index >= 15 is 0 Å². The largest absolute Gasteiger partial charge is 0.368 e. The Hall–Kier alpha value is -2.41. The third-order valence-corrected chi connectivity index (χ3v) is 6.38. The molecule has 0 atom stereocenters. The number of benzene rings is 2. The van der Waals surface area contributed by atoms with Gasteiger partial charge in [-0.25, -0.2) is 12.8 Å². The summed E-state index contributed by atoms with van der Waals surface area (Å²) < 4.78 is 37.6. The molecule has 0 unspecified atom stereocenters. The van der Waals surface area contributed by atoms with Crippen molar-refractivity contribution in [2.24, 2.45) is 0 Å². The number of nitrogens with zero attached hydrogens (tertiary/aromatic N) is 2. The monoisotopic (exact) mass is 376 g/mol. The van der Waals surface area contributed by atoms with Crippen LogP contribution in [0.15, 0.2) is 53.4 Å². The highest BCUT2D eigenvalue weighted by Crippen LogP contribution is 2.21. The highest BCUT2D eigenvalue weighted by molar-refractivity contribution is 7.91. The summed E-state index contributed by atoms with van der Waals surface area (Å²) in [6.45, 7) is 3.76. The summed E-state index contributed by atoms with van der Waals surface area (Å²) in [5.41, 5.74) is 1.14. The molecule has 0 spiro atoms. The highest BCUT2D eigenvalue weighted by Gasteiger charge is 2.27. The number of anilines is 1. The summed E-state index contributed by atoms with van der Waals surface area (Å²) in [6.07, 6.45) is 0. The minimum Gasteiger partial charge on any atom is -0.368 e. The van der Waals surface area contributed by atoms with Gasteiger partial charge < -0.3 is 9.80 Å². The van der Waals surface area contributed by atoms with Crippen molar-refractivity contribution in [3.63, 3.8) is 0 Å². The van der Waals surface area contributed by atoms with Crippen LogP contribution < -0.4 is 4.90 Å². The Kier molecular flexibility index (Phi) is 5.27. The fourth-order valence-electron chi connectivity index (χ4n) is 3.06. The molecule has 0 radical (unpaired) electrons. The number of carbonyl (C=O) groups excluding carboxylic acids is 1. The van der Waals surface area contributed by atoms with Gasteiger partial charge in [0.05, 0.1) is 16.2 Å². The van der Waals surface area contributed by atoms with Gasteiger partial charge in [-0.05, 0) is 36.4 Å². The van der Waals surface area contributed by atoms with Gasteiger partial charge in [-0.1, -0.05) is 19.1 Å². The average Bonchev–Trinajstić information content (AvgIpc) is 2.68. The SMILES string of the molecule is CCS(=O)(=O)c1ccccc1C(=O)N1CCN(c2ccc(F)cc2)CC1. The van der Waals surface area contributed by atoms with Crippen LogP contribution in [0.4, 0.5) is 10.1 Å². The molecule has 1 saturated heterocycles. The number of halogens is 1. The van der Waals surface area contributed by atoms with E-state index in [1.807, 2.05) is 0 Å². The molecule has 2 aromatic rings. The van der Waals surface area contributed by atoms with Crippen LogP contribution in [0.3, 0.4) is 0 Å². The van der Waals surface area contributed by atoms with E-state index in [1.165, 1.54) is 18.2 Å². The van der Waals surface area contributed by atoms with Gasteiger partial charge in [0.1, 0.15) is 5.82 Å². The summed E-state index contributed by atoms with van der Waals surface area (Å²) in [4.78, 5) is 16.7. The van der Waals surface area contributed by atoms with Crippen LogP contribution in [-0.4, -0.2) is 51.2 Å². The highest BCUT2D eigenvalue weighted by atomic mass is 32.2. The van der Waals surface area contributed by atoms with Crippen molar-refractivity contribution in [1.29, 1.82) is 0 Å². The molecule has 0 aliphatic carbocycles. The second kappa shape index (κ2) is 7.45. The maximum atomic E-state index is 13.1. The summed E-state index contributed by atoms with van der Waals surface area (Å²) in [7, 11) is -3.46. The lowest BCUT2D eigenvalue weighted by Gasteiger charge is -2.36. The predicted molar refractivity (Wildman–Crippen MR) is 98.7 cm³/mol. The summed E-state index contributed by atoms with van der Waals surface area (Å²) in [5.74, 6) is -0.594. The van der Waals surface area contributed by atoms with E-state index in [4.69, 9.17) is 0 Å². The van der Waals surface area contributed by atoms with Crippen molar-refractivity contribution < 1.29 is 17.6 Å². The van der Waals surface area contributed by atoms with Crippen molar-refractivity contribution in [2.45, 2.75) is 11.8 Å². The topological polar surface area (TPSA) is 57.7 Å². The lowest BCUT2D eigenvalue weighted by Crippen LogP contribution is -2.49. The van der Waals surface area contributed by atoms with Gasteiger partial charge in [-0.3, -0.25) is 4.79 Å². The third kappa shape index (κ3) is 3.72. The van der Waals surface area contributed by atoms with E-state index < -0.39 is 9.84 Å². The number of rotatable bonds is 4. The molecule has 0 aromatic heterocycles. The molecule has 1 aliphatic rings. The number of carbonyl (C=O) groups is 1. The maximum absolute atomic E-state index is 13.1. The Bertz CT molecular complexity index is 889. The number of piperazine rings is 1. The quantitative estimate of drug-likeness (QED) is 0.823. The van der Waals surface area contributed by atoms with Crippen molar-refractivity contribution in [3.05, 3.63) is 59.9 Å². The normalized spacial score (nSPS) is 15.2. The van der Waals surface area contributed by atoms with Crippen molar-refractivity contribution >= 4 is 21.4 Å². The molecular weight excluding hydrogens is 355 g/mol. The number of hydrogen-bond acceptors (Lipinski definition) is 4. The van der Waals surface area contributed by atoms with E-state index in [1.54, 1.807) is 42.2 Å². The third-order valence-electron chi connectivity index (χ3n) is 4.59. The van der Waals surface area contributed by atoms with Crippen LogP contribution >= 0.6 is 0 Å². The van der Waals surface area contributed by atoms with E-state index in [0.717, 1.165) is 5.69 Å². The standard InChI is InChI=1S/C19H21FN2O3S/c1-2-26(24,25)18-6-4-3-5-17(18)19(23)22-13-11-21(12-14-22)16-9-7-15(20)8-10-16/h3-10H,2,11-14H2,1H3. The molecule has 1 heterocycles. The van der Waals surface area contributed by atoms with Gasteiger partial charge in [-0.2, -0.15) is 0 Å². The summed E-state index contributed by atoms with van der Waals surface area (Å²) in [6, 6.07) is 12.6. The van der Waals surface area contributed by atoms with Gasteiger partial charge in [-0.15, -0.1) is 0 Å². The molecule has 5 nitrogen and oxygen atoms in total. The zero-order valence-corrected chi connectivity index (χ0v) is 15.4. The van der Waals surface area contributed by atoms with Crippen molar-refractivity contribution in [1.82, 2.24) is 4.90 Å². The second-order valence-corrected chi connectivity index (χ2v) is 8.40. The van der Waals surface area contributed by atoms with Gasteiger partial charge >= 0.3 is 0 Å². The average molecular weight is 376 g/mol. The molecule has 0 bridgehead atoms. The molecule has 1 fully saturated rings. The van der Waals surface area contributed by atoms with Gasteiger partial charge in [0, 0.05) is 31.9 Å². The fourth-order valence-corrected chi connectivity index (χ4v) is 4.15.